The van der Waals surface area contributed by atoms with Crippen LogP contribution in [0.1, 0.15) is 47.4 Å². The van der Waals surface area contributed by atoms with Crippen molar-refractivity contribution in [1.29, 1.82) is 0 Å². The van der Waals surface area contributed by atoms with Gasteiger partial charge in [0.1, 0.15) is 0 Å². The van der Waals surface area contributed by atoms with E-state index in [1.165, 1.54) is 38.8 Å². The molecule has 2 aromatic rings. The monoisotopic (exact) mass is 364 g/mol. The van der Waals surface area contributed by atoms with E-state index in [1.807, 2.05) is 32.0 Å². The minimum absolute atomic E-state index is 0.155. The predicted octanol–water partition coefficient (Wildman–Crippen LogP) is 3.19. The molecular weight excluding hydrogens is 336 g/mol. The van der Waals surface area contributed by atoms with Gasteiger partial charge in [0.05, 0.1) is 22.4 Å². The number of aromatic nitrogens is 2. The Morgan fingerprint density at radius 3 is 2.56 bits per heavy atom. The van der Waals surface area contributed by atoms with E-state index in [1.54, 1.807) is 0 Å². The molecule has 27 heavy (non-hydrogen) atoms. The minimum Gasteiger partial charge on any atom is -0.337 e. The second-order valence-electron chi connectivity index (χ2n) is 8.80. The third-order valence-corrected chi connectivity index (χ3v) is 6.63. The van der Waals surface area contributed by atoms with Crippen molar-refractivity contribution in [3.8, 4) is 0 Å². The fourth-order valence-electron chi connectivity index (χ4n) is 4.75. The fraction of sp³-hybridized carbons (Fsp3) is 0.591. The van der Waals surface area contributed by atoms with E-state index in [2.05, 4.69) is 19.8 Å². The van der Waals surface area contributed by atoms with Crippen molar-refractivity contribution in [2.24, 2.45) is 11.8 Å². The van der Waals surface area contributed by atoms with Crippen molar-refractivity contribution in [2.45, 2.75) is 45.6 Å². The molecule has 4 fully saturated rings. The molecule has 0 radical (unpaired) electrons. The second-order valence-corrected chi connectivity index (χ2v) is 8.80. The van der Waals surface area contributed by atoms with Crippen LogP contribution in [-0.2, 0) is 0 Å². The molecule has 3 saturated heterocycles. The number of aryl methyl sites for hydroxylation is 2. The van der Waals surface area contributed by atoms with Gasteiger partial charge in [-0.2, -0.15) is 0 Å². The summed E-state index contributed by atoms with van der Waals surface area (Å²) in [6, 6.07) is 6.32. The van der Waals surface area contributed by atoms with Crippen molar-refractivity contribution in [3.63, 3.8) is 0 Å². The molecule has 4 heterocycles. The van der Waals surface area contributed by atoms with E-state index in [0.29, 0.717) is 12.0 Å². The van der Waals surface area contributed by atoms with Gasteiger partial charge >= 0.3 is 0 Å². The molecule has 1 saturated carbocycles. The number of nitrogens with zero attached hydrogens (tertiary/aromatic N) is 4. The predicted molar refractivity (Wildman–Crippen MR) is 106 cm³/mol. The number of piperidine rings is 1. The number of hydrogen-bond donors (Lipinski definition) is 0. The zero-order valence-corrected chi connectivity index (χ0v) is 16.3. The summed E-state index contributed by atoms with van der Waals surface area (Å²) in [7, 11) is 0. The summed E-state index contributed by atoms with van der Waals surface area (Å²) in [5, 5.41) is 0. The molecule has 0 spiro atoms. The highest BCUT2D eigenvalue weighted by molar-refractivity contribution is 5.97. The highest BCUT2D eigenvalue weighted by Gasteiger charge is 2.38. The molecule has 2 bridgehead atoms. The summed E-state index contributed by atoms with van der Waals surface area (Å²) >= 11 is 0. The average molecular weight is 364 g/mol. The third kappa shape index (κ3) is 3.33. The quantitative estimate of drug-likeness (QED) is 0.839. The van der Waals surface area contributed by atoms with E-state index in [9.17, 15) is 4.79 Å². The van der Waals surface area contributed by atoms with Crippen LogP contribution in [0.5, 0.6) is 0 Å². The van der Waals surface area contributed by atoms with Crippen LogP contribution >= 0.6 is 0 Å². The highest BCUT2D eigenvalue weighted by Crippen LogP contribution is 2.35. The molecule has 1 aromatic heterocycles. The lowest BCUT2D eigenvalue weighted by atomic mass is 9.95. The zero-order chi connectivity index (χ0) is 18.5. The summed E-state index contributed by atoms with van der Waals surface area (Å²) in [5.41, 5.74) is 4.30. The Morgan fingerprint density at radius 2 is 1.78 bits per heavy atom. The van der Waals surface area contributed by atoms with Crippen LogP contribution in [-0.4, -0.2) is 57.9 Å². The van der Waals surface area contributed by atoms with Gasteiger partial charge in [0, 0.05) is 37.8 Å². The normalized spacial score (nSPS) is 25.8. The van der Waals surface area contributed by atoms with Crippen molar-refractivity contribution in [3.05, 3.63) is 35.2 Å². The van der Waals surface area contributed by atoms with Crippen LogP contribution in [0.4, 0.5) is 0 Å². The minimum atomic E-state index is 0.155. The first-order chi connectivity index (χ1) is 13.1. The van der Waals surface area contributed by atoms with Crippen molar-refractivity contribution in [1.82, 2.24) is 19.8 Å². The van der Waals surface area contributed by atoms with Crippen LogP contribution in [0.15, 0.2) is 18.2 Å². The van der Waals surface area contributed by atoms with Gasteiger partial charge in [-0.25, -0.2) is 9.97 Å². The van der Waals surface area contributed by atoms with E-state index >= 15 is 0 Å². The standard InChI is InChI=1S/C22H28N4O/c1-14-15(2)24-21-9-18(6-8-20(21)23-14)22(27)26-12-17-5-7-19(13-26)25(11-17)10-16-3-4-16/h6,8-9,16-17,19H,3-5,7,10-13H2,1-2H3/t17-,19-/m0/s1. The van der Waals surface area contributed by atoms with Crippen molar-refractivity contribution < 1.29 is 4.79 Å². The number of carbonyl (C=O) groups excluding carboxylic acids is 1. The van der Waals surface area contributed by atoms with Gasteiger partial charge in [0.25, 0.3) is 5.91 Å². The highest BCUT2D eigenvalue weighted by atomic mass is 16.2. The SMILES string of the molecule is Cc1nc2ccc(C(=O)N3C[C@H]4CC[C@@H](C3)N(CC3CC3)C4)cc2nc1C. The lowest BCUT2D eigenvalue weighted by molar-refractivity contribution is 0.0737. The summed E-state index contributed by atoms with van der Waals surface area (Å²) in [5.74, 6) is 1.69. The Kier molecular flexibility index (Phi) is 4.15. The Bertz CT molecular complexity index is 891. The van der Waals surface area contributed by atoms with E-state index < -0.39 is 0 Å². The number of carbonyl (C=O) groups is 1. The molecule has 142 valence electrons. The second kappa shape index (κ2) is 6.55. The molecule has 1 amide bonds. The van der Waals surface area contributed by atoms with Crippen LogP contribution in [0.3, 0.4) is 0 Å². The maximum Gasteiger partial charge on any atom is 0.253 e. The summed E-state index contributed by atoms with van der Waals surface area (Å²) in [6.45, 7) is 8.13. The van der Waals surface area contributed by atoms with Crippen molar-refractivity contribution >= 4 is 16.9 Å². The Balaban J connectivity index is 1.38. The molecule has 5 heteroatoms. The van der Waals surface area contributed by atoms with Gasteiger partial charge in [0.2, 0.25) is 0 Å². The molecule has 1 aliphatic carbocycles. The van der Waals surface area contributed by atoms with Gasteiger partial charge in [-0.1, -0.05) is 0 Å². The topological polar surface area (TPSA) is 49.3 Å². The van der Waals surface area contributed by atoms with Gasteiger partial charge < -0.3 is 4.90 Å². The van der Waals surface area contributed by atoms with Crippen LogP contribution in [0.2, 0.25) is 0 Å². The van der Waals surface area contributed by atoms with Gasteiger partial charge in [-0.15, -0.1) is 0 Å². The smallest absolute Gasteiger partial charge is 0.253 e. The molecule has 5 nitrogen and oxygen atoms in total. The number of benzene rings is 1. The first-order valence-corrected chi connectivity index (χ1v) is 10.3. The lowest BCUT2D eigenvalue weighted by Crippen LogP contribution is -2.45. The van der Waals surface area contributed by atoms with Gasteiger partial charge in [-0.05, 0) is 69.6 Å². The largest absolute Gasteiger partial charge is 0.337 e. The third-order valence-electron chi connectivity index (χ3n) is 6.63. The molecule has 6 rings (SSSR count). The molecule has 3 aliphatic heterocycles. The Labute approximate surface area is 160 Å². The molecule has 2 atom stereocenters. The molecule has 1 aromatic carbocycles. The van der Waals surface area contributed by atoms with E-state index in [0.717, 1.165) is 47.0 Å². The molecule has 0 unspecified atom stereocenters. The number of amides is 1. The van der Waals surface area contributed by atoms with E-state index in [4.69, 9.17) is 0 Å². The summed E-state index contributed by atoms with van der Waals surface area (Å²) in [6.07, 6.45) is 5.29. The Hall–Kier alpha value is -2.01. The average Bonchev–Trinajstić information content (AvgIpc) is 3.49. The number of hydrogen-bond acceptors (Lipinski definition) is 4. The Morgan fingerprint density at radius 1 is 1.00 bits per heavy atom. The summed E-state index contributed by atoms with van der Waals surface area (Å²) in [4.78, 5) is 27.3. The zero-order valence-electron chi connectivity index (χ0n) is 16.3. The first kappa shape index (κ1) is 17.1. The van der Waals surface area contributed by atoms with Crippen LogP contribution in [0.25, 0.3) is 11.0 Å². The van der Waals surface area contributed by atoms with E-state index in [-0.39, 0.29) is 5.91 Å². The molecule has 4 aliphatic rings. The van der Waals surface area contributed by atoms with Crippen molar-refractivity contribution in [2.75, 3.05) is 26.2 Å². The number of fused-ring (bicyclic) bond motifs is 5. The van der Waals surface area contributed by atoms with Gasteiger partial charge in [0.15, 0.2) is 0 Å². The lowest BCUT2D eigenvalue weighted by Gasteiger charge is -2.36. The van der Waals surface area contributed by atoms with Crippen LogP contribution in [0, 0.1) is 25.7 Å². The first-order valence-electron chi connectivity index (χ1n) is 10.3. The number of rotatable bonds is 3. The fourth-order valence-corrected chi connectivity index (χ4v) is 4.75. The maximum absolute atomic E-state index is 13.3. The maximum atomic E-state index is 13.3. The summed E-state index contributed by atoms with van der Waals surface area (Å²) < 4.78 is 0. The van der Waals surface area contributed by atoms with Gasteiger partial charge in [-0.3, -0.25) is 9.69 Å². The molecular formula is C22H28N4O. The van der Waals surface area contributed by atoms with Crippen LogP contribution < -0.4 is 0 Å². The molecule has 0 N–H and O–H groups in total.